The molecule has 1 atom stereocenters. The van der Waals surface area contributed by atoms with Gasteiger partial charge in [0.1, 0.15) is 5.75 Å². The Kier molecular flexibility index (Phi) is 4.27. The van der Waals surface area contributed by atoms with E-state index in [1.807, 2.05) is 12.1 Å². The van der Waals surface area contributed by atoms with Crippen molar-refractivity contribution in [3.63, 3.8) is 0 Å². The smallest absolute Gasteiger partial charge is 0.240 e. The second-order valence-corrected chi connectivity index (χ2v) is 6.34. The molecule has 0 radical (unpaired) electrons. The highest BCUT2D eigenvalue weighted by atomic mass is 32.2. The monoisotopic (exact) mass is 295 g/mol. The third kappa shape index (κ3) is 3.27. The quantitative estimate of drug-likeness (QED) is 0.876. The minimum atomic E-state index is -3.60. The van der Waals surface area contributed by atoms with Crippen molar-refractivity contribution >= 4 is 20.8 Å². The van der Waals surface area contributed by atoms with Crippen molar-refractivity contribution < 1.29 is 18.3 Å². The molecule has 2 N–H and O–H groups in total. The molecule has 0 saturated carbocycles. The number of hydrogen-bond acceptors (Lipinski definition) is 4. The average Bonchev–Trinajstić information content (AvgIpc) is 2.44. The van der Waals surface area contributed by atoms with E-state index in [9.17, 15) is 8.42 Å². The van der Waals surface area contributed by atoms with E-state index in [4.69, 9.17) is 9.84 Å². The van der Waals surface area contributed by atoms with Crippen molar-refractivity contribution in [2.75, 3.05) is 13.7 Å². The fraction of sp³-hybridized carbons (Fsp3) is 0.286. The van der Waals surface area contributed by atoms with Gasteiger partial charge in [-0.1, -0.05) is 12.1 Å². The number of rotatable bonds is 5. The van der Waals surface area contributed by atoms with Gasteiger partial charge in [-0.25, -0.2) is 13.1 Å². The van der Waals surface area contributed by atoms with Crippen molar-refractivity contribution in [3.8, 4) is 5.75 Å². The maximum absolute atomic E-state index is 12.1. The number of benzene rings is 2. The van der Waals surface area contributed by atoms with Crippen LogP contribution in [0.1, 0.15) is 6.92 Å². The molecule has 0 aliphatic carbocycles. The van der Waals surface area contributed by atoms with Crippen molar-refractivity contribution in [2.45, 2.75) is 17.9 Å². The van der Waals surface area contributed by atoms with Gasteiger partial charge in [-0.2, -0.15) is 0 Å². The van der Waals surface area contributed by atoms with Crippen LogP contribution in [0.15, 0.2) is 41.3 Å². The highest BCUT2D eigenvalue weighted by Gasteiger charge is 2.15. The maximum atomic E-state index is 12.1. The van der Waals surface area contributed by atoms with Gasteiger partial charge in [-0.05, 0) is 42.0 Å². The van der Waals surface area contributed by atoms with Crippen LogP contribution in [0.25, 0.3) is 10.8 Å². The molecule has 0 unspecified atom stereocenters. The van der Waals surface area contributed by atoms with Crippen LogP contribution < -0.4 is 9.46 Å². The third-order valence-electron chi connectivity index (χ3n) is 2.90. The van der Waals surface area contributed by atoms with Crippen LogP contribution in [-0.2, 0) is 10.0 Å². The molecule has 0 bridgehead atoms. The summed E-state index contributed by atoms with van der Waals surface area (Å²) < 4.78 is 31.6. The molecule has 2 aromatic carbocycles. The fourth-order valence-electron chi connectivity index (χ4n) is 1.81. The molecular formula is C14H17NO4S. The molecule has 0 aromatic heterocycles. The van der Waals surface area contributed by atoms with Gasteiger partial charge in [-0.3, -0.25) is 0 Å². The van der Waals surface area contributed by atoms with E-state index in [-0.39, 0.29) is 11.4 Å². The summed E-state index contributed by atoms with van der Waals surface area (Å²) in [7, 11) is -2.02. The van der Waals surface area contributed by atoms with Gasteiger partial charge >= 0.3 is 0 Å². The van der Waals surface area contributed by atoms with Crippen LogP contribution >= 0.6 is 0 Å². The third-order valence-corrected chi connectivity index (χ3v) is 4.32. The highest BCUT2D eigenvalue weighted by molar-refractivity contribution is 7.89. The van der Waals surface area contributed by atoms with Gasteiger partial charge in [0, 0.05) is 6.54 Å². The van der Waals surface area contributed by atoms with E-state index < -0.39 is 16.1 Å². The first-order valence-electron chi connectivity index (χ1n) is 6.18. The summed E-state index contributed by atoms with van der Waals surface area (Å²) >= 11 is 0. The molecule has 0 fully saturated rings. The Hall–Kier alpha value is -1.63. The SMILES string of the molecule is COc1ccc2cc(S(=O)(=O)NC[C@@H](C)O)ccc2c1. The predicted octanol–water partition coefficient (Wildman–Crippen LogP) is 1.51. The van der Waals surface area contributed by atoms with Crippen molar-refractivity contribution in [1.29, 1.82) is 0 Å². The number of methoxy groups -OCH3 is 1. The van der Waals surface area contributed by atoms with Crippen LogP contribution in [0, 0.1) is 0 Å². The highest BCUT2D eigenvalue weighted by Crippen LogP contribution is 2.23. The number of sulfonamides is 1. The molecule has 0 spiro atoms. The number of fused-ring (bicyclic) bond motifs is 1. The summed E-state index contributed by atoms with van der Waals surface area (Å²) in [5.74, 6) is 0.723. The fourth-order valence-corrected chi connectivity index (χ4v) is 2.97. The van der Waals surface area contributed by atoms with Crippen LogP contribution in [0.3, 0.4) is 0 Å². The molecule has 0 aliphatic rings. The van der Waals surface area contributed by atoms with Gasteiger partial charge < -0.3 is 9.84 Å². The molecule has 0 saturated heterocycles. The van der Waals surface area contributed by atoms with Crippen LogP contribution in [0.2, 0.25) is 0 Å². The molecule has 0 amide bonds. The Morgan fingerprint density at radius 1 is 1.20 bits per heavy atom. The normalized spacial score (nSPS) is 13.3. The van der Waals surface area contributed by atoms with Gasteiger partial charge in [0.15, 0.2) is 0 Å². The van der Waals surface area contributed by atoms with E-state index in [2.05, 4.69) is 4.72 Å². The second-order valence-electron chi connectivity index (χ2n) is 4.58. The van der Waals surface area contributed by atoms with Crippen LogP contribution in [-0.4, -0.2) is 33.3 Å². The molecule has 20 heavy (non-hydrogen) atoms. The second kappa shape index (κ2) is 5.78. The zero-order chi connectivity index (χ0) is 14.8. The summed E-state index contributed by atoms with van der Waals surface area (Å²) in [6.07, 6.45) is -0.727. The lowest BCUT2D eigenvalue weighted by atomic mass is 10.1. The molecular weight excluding hydrogens is 278 g/mol. The van der Waals surface area contributed by atoms with E-state index in [0.29, 0.717) is 0 Å². The Bertz CT molecular complexity index is 710. The van der Waals surface area contributed by atoms with Crippen molar-refractivity contribution in [3.05, 3.63) is 36.4 Å². The first kappa shape index (κ1) is 14.8. The standard InChI is InChI=1S/C14H17NO4S/c1-10(16)9-15-20(17,18)14-6-4-11-7-13(19-2)5-3-12(11)8-14/h3-8,10,15-16H,9H2,1-2H3/t10-/m1/s1. The van der Waals surface area contributed by atoms with Gasteiger partial charge in [0.2, 0.25) is 10.0 Å². The van der Waals surface area contributed by atoms with Gasteiger partial charge in [-0.15, -0.1) is 0 Å². The topological polar surface area (TPSA) is 75.6 Å². The lowest BCUT2D eigenvalue weighted by Gasteiger charge is -2.09. The lowest BCUT2D eigenvalue weighted by Crippen LogP contribution is -2.30. The number of hydrogen-bond donors (Lipinski definition) is 2. The number of ether oxygens (including phenoxy) is 1. The summed E-state index contributed by atoms with van der Waals surface area (Å²) in [5, 5.41) is 10.9. The minimum Gasteiger partial charge on any atom is -0.497 e. The molecule has 6 heteroatoms. The Balaban J connectivity index is 2.36. The Morgan fingerprint density at radius 2 is 1.85 bits per heavy atom. The van der Waals surface area contributed by atoms with Crippen molar-refractivity contribution in [1.82, 2.24) is 4.72 Å². The van der Waals surface area contributed by atoms with Crippen LogP contribution in [0.4, 0.5) is 0 Å². The minimum absolute atomic E-state index is 0.0109. The predicted molar refractivity (Wildman–Crippen MR) is 77.4 cm³/mol. The lowest BCUT2D eigenvalue weighted by molar-refractivity contribution is 0.198. The van der Waals surface area contributed by atoms with Crippen molar-refractivity contribution in [2.24, 2.45) is 0 Å². The molecule has 5 nitrogen and oxygen atoms in total. The van der Waals surface area contributed by atoms with E-state index >= 15 is 0 Å². The molecule has 0 aliphatic heterocycles. The number of nitrogens with one attached hydrogen (secondary N) is 1. The summed E-state index contributed by atoms with van der Waals surface area (Å²) in [4.78, 5) is 0.177. The summed E-state index contributed by atoms with van der Waals surface area (Å²) in [5.41, 5.74) is 0. The van der Waals surface area contributed by atoms with Gasteiger partial charge in [0.05, 0.1) is 18.1 Å². The number of aliphatic hydroxyl groups is 1. The largest absolute Gasteiger partial charge is 0.497 e. The molecule has 0 heterocycles. The maximum Gasteiger partial charge on any atom is 0.240 e. The summed E-state index contributed by atoms with van der Waals surface area (Å²) in [6, 6.07) is 10.3. The van der Waals surface area contributed by atoms with Gasteiger partial charge in [0.25, 0.3) is 0 Å². The molecule has 108 valence electrons. The first-order chi connectivity index (χ1) is 9.42. The first-order valence-corrected chi connectivity index (χ1v) is 7.66. The zero-order valence-corrected chi connectivity index (χ0v) is 12.1. The van der Waals surface area contributed by atoms with E-state index in [0.717, 1.165) is 16.5 Å². The summed E-state index contributed by atoms with van der Waals surface area (Å²) in [6.45, 7) is 1.51. The van der Waals surface area contributed by atoms with E-state index in [1.54, 1.807) is 25.3 Å². The zero-order valence-electron chi connectivity index (χ0n) is 11.3. The number of aliphatic hydroxyl groups excluding tert-OH is 1. The molecule has 2 rings (SSSR count). The average molecular weight is 295 g/mol. The van der Waals surface area contributed by atoms with E-state index in [1.165, 1.54) is 13.0 Å². The Morgan fingerprint density at radius 3 is 2.50 bits per heavy atom. The Labute approximate surface area is 118 Å². The molecule has 2 aromatic rings. The van der Waals surface area contributed by atoms with Crippen LogP contribution in [0.5, 0.6) is 5.75 Å².